The van der Waals surface area contributed by atoms with Crippen molar-refractivity contribution in [1.82, 2.24) is 30.9 Å². The highest BCUT2D eigenvalue weighted by atomic mass is 16.7. The lowest BCUT2D eigenvalue weighted by Crippen LogP contribution is -2.45. The van der Waals surface area contributed by atoms with E-state index in [-0.39, 0.29) is 38.2 Å². The van der Waals surface area contributed by atoms with E-state index in [1.165, 1.54) is 0 Å². The molecule has 0 aliphatic carbocycles. The van der Waals surface area contributed by atoms with E-state index in [0.29, 0.717) is 62.4 Å². The number of carboxylic acids is 1. The first-order chi connectivity index (χ1) is 25.0. The summed E-state index contributed by atoms with van der Waals surface area (Å²) in [4.78, 5) is 71.6. The van der Waals surface area contributed by atoms with Gasteiger partial charge in [0.15, 0.2) is 6.61 Å². The fourth-order valence-corrected chi connectivity index (χ4v) is 4.47. The fraction of sp³-hybridized carbons (Fsp3) is 0.576. The van der Waals surface area contributed by atoms with Gasteiger partial charge in [-0.05, 0) is 49.9 Å². The number of nitrogens with zero attached hydrogens (tertiary/aromatic N) is 3. The molecule has 0 aliphatic rings. The number of anilines is 1. The van der Waals surface area contributed by atoms with E-state index < -0.39 is 49.1 Å². The lowest BCUT2D eigenvalue weighted by atomic mass is 10.1. The van der Waals surface area contributed by atoms with Crippen LogP contribution in [0.3, 0.4) is 0 Å². The van der Waals surface area contributed by atoms with Crippen LogP contribution in [0.1, 0.15) is 57.2 Å². The lowest BCUT2D eigenvalue weighted by molar-refractivity contribution is -0.141. The Morgan fingerprint density at radius 3 is 2.37 bits per heavy atom. The minimum absolute atomic E-state index is 0.0179. The Kier molecular flexibility index (Phi) is 20.6. The molecule has 52 heavy (non-hydrogen) atoms. The predicted molar refractivity (Wildman–Crippen MR) is 184 cm³/mol. The normalized spacial score (nSPS) is 11.9. The third-order valence-electron chi connectivity index (χ3n) is 7.19. The summed E-state index contributed by atoms with van der Waals surface area (Å²) >= 11 is 0. The topological polar surface area (TPSA) is 264 Å². The highest BCUT2D eigenvalue weighted by Crippen LogP contribution is 2.13. The molecule has 1 aromatic heterocycles. The maximum absolute atomic E-state index is 13.0. The molecular weight excluding hydrogens is 684 g/mol. The summed E-state index contributed by atoms with van der Waals surface area (Å²) in [5.74, 6) is -2.90. The van der Waals surface area contributed by atoms with Gasteiger partial charge in [0, 0.05) is 18.2 Å². The van der Waals surface area contributed by atoms with Gasteiger partial charge in [0.1, 0.15) is 31.6 Å². The zero-order chi connectivity index (χ0) is 38.1. The average Bonchev–Trinajstić information content (AvgIpc) is 3.58. The van der Waals surface area contributed by atoms with Crippen LogP contribution in [0, 0.1) is 5.92 Å². The molecule has 2 rings (SSSR count). The van der Waals surface area contributed by atoms with Crippen LogP contribution in [0.5, 0.6) is 0 Å². The third-order valence-corrected chi connectivity index (χ3v) is 7.19. The summed E-state index contributed by atoms with van der Waals surface area (Å²) < 4.78 is 21.6. The van der Waals surface area contributed by atoms with Gasteiger partial charge in [-0.15, -0.1) is 5.10 Å². The number of aliphatic carboxylic acids is 1. The van der Waals surface area contributed by atoms with E-state index in [9.17, 15) is 28.8 Å². The van der Waals surface area contributed by atoms with E-state index in [1.54, 1.807) is 35.1 Å². The van der Waals surface area contributed by atoms with Gasteiger partial charge in [-0.2, -0.15) is 0 Å². The Morgan fingerprint density at radius 2 is 1.65 bits per heavy atom. The molecule has 4 amide bonds. The van der Waals surface area contributed by atoms with Crippen molar-refractivity contribution < 1.29 is 52.8 Å². The molecule has 0 bridgehead atoms. The van der Waals surface area contributed by atoms with Crippen LogP contribution >= 0.6 is 0 Å². The van der Waals surface area contributed by atoms with Gasteiger partial charge in [-0.1, -0.05) is 37.6 Å². The maximum atomic E-state index is 13.0. The molecule has 288 valence electrons. The second kappa shape index (κ2) is 24.9. The van der Waals surface area contributed by atoms with Crippen molar-refractivity contribution >= 4 is 41.4 Å². The summed E-state index contributed by atoms with van der Waals surface area (Å²) in [7, 11) is 0. The molecule has 0 fully saturated rings. The largest absolute Gasteiger partial charge is 0.509 e. The fourth-order valence-electron chi connectivity index (χ4n) is 4.47. The van der Waals surface area contributed by atoms with Crippen LogP contribution in [0.4, 0.5) is 10.5 Å². The number of benzene rings is 1. The van der Waals surface area contributed by atoms with Crippen LogP contribution in [-0.4, -0.2) is 108 Å². The van der Waals surface area contributed by atoms with E-state index >= 15 is 0 Å². The van der Waals surface area contributed by atoms with Gasteiger partial charge in [-0.25, -0.2) is 14.3 Å². The van der Waals surface area contributed by atoms with Gasteiger partial charge < -0.3 is 51.1 Å². The first-order valence-electron chi connectivity index (χ1n) is 17.0. The van der Waals surface area contributed by atoms with Gasteiger partial charge in [0.25, 0.3) is 0 Å². The summed E-state index contributed by atoms with van der Waals surface area (Å²) in [6, 6.07) is 5.41. The first-order valence-corrected chi connectivity index (χ1v) is 17.0. The summed E-state index contributed by atoms with van der Waals surface area (Å²) in [5, 5.41) is 27.4. The number of amides is 4. The van der Waals surface area contributed by atoms with Crippen LogP contribution in [0.15, 0.2) is 30.5 Å². The molecule has 0 aliphatic heterocycles. The van der Waals surface area contributed by atoms with Crippen LogP contribution in [-0.2, 0) is 62.6 Å². The Labute approximate surface area is 301 Å². The van der Waals surface area contributed by atoms with Crippen molar-refractivity contribution in [1.29, 1.82) is 0 Å². The van der Waals surface area contributed by atoms with Crippen molar-refractivity contribution in [3.63, 3.8) is 0 Å². The van der Waals surface area contributed by atoms with E-state index in [0.717, 1.165) is 12.8 Å². The van der Waals surface area contributed by atoms with Gasteiger partial charge >= 0.3 is 12.1 Å². The minimum Gasteiger partial charge on any atom is -0.479 e. The predicted octanol–water partition coefficient (Wildman–Crippen LogP) is 0.470. The molecule has 0 saturated carbocycles. The first kappa shape index (κ1) is 43.0. The summed E-state index contributed by atoms with van der Waals surface area (Å²) in [5.41, 5.74) is 7.19. The number of carbonyl (C=O) groups excluding carboxylic acids is 5. The van der Waals surface area contributed by atoms with Crippen LogP contribution in [0.2, 0.25) is 0 Å². The Balaban J connectivity index is 1.64. The molecule has 1 aromatic carbocycles. The van der Waals surface area contributed by atoms with E-state index in [2.05, 4.69) is 36.3 Å². The maximum Gasteiger partial charge on any atom is 0.509 e. The molecule has 2 aromatic rings. The van der Waals surface area contributed by atoms with Gasteiger partial charge in [0.2, 0.25) is 23.6 Å². The summed E-state index contributed by atoms with van der Waals surface area (Å²) in [6.07, 6.45) is 3.89. The number of hydrogen-bond donors (Lipinski definition) is 6. The van der Waals surface area contributed by atoms with E-state index in [1.807, 2.05) is 13.8 Å². The molecule has 0 radical (unpaired) electrons. The second-order valence-corrected chi connectivity index (χ2v) is 11.6. The van der Waals surface area contributed by atoms with Crippen molar-refractivity contribution in [3.8, 4) is 0 Å². The van der Waals surface area contributed by atoms with Crippen molar-refractivity contribution in [2.45, 2.75) is 71.7 Å². The van der Waals surface area contributed by atoms with Crippen LogP contribution < -0.4 is 27.0 Å². The van der Waals surface area contributed by atoms with E-state index in [4.69, 9.17) is 25.1 Å². The molecule has 19 heteroatoms. The molecule has 1 heterocycles. The summed E-state index contributed by atoms with van der Waals surface area (Å²) in [6.45, 7) is 4.04. The number of hydrogen-bond acceptors (Lipinski definition) is 13. The molecule has 0 spiro atoms. The lowest BCUT2D eigenvalue weighted by Gasteiger charge is -2.19. The number of aromatic nitrogens is 3. The number of nitrogens with two attached hydrogens (primary N) is 1. The molecule has 7 N–H and O–H groups in total. The number of rotatable bonds is 26. The zero-order valence-corrected chi connectivity index (χ0v) is 29.6. The molecule has 2 atom stereocenters. The highest BCUT2D eigenvalue weighted by Gasteiger charge is 2.21. The number of unbranched alkanes of at least 4 members (excludes halogenated alkanes) is 1. The minimum atomic E-state index is -1.31. The van der Waals surface area contributed by atoms with Crippen molar-refractivity contribution in [2.75, 3.05) is 51.4 Å². The SMILES string of the molecule is CCCC(C)C(=O)NCc1cn(CCOCCNC(=O)COCC(=O)N[C@H](CCCCN)C(=O)Nc2ccc(COC(=O)OCC(=O)O)cc2)nn1. The molecule has 0 saturated heterocycles. The van der Waals surface area contributed by atoms with Gasteiger partial charge in [0.05, 0.1) is 32.5 Å². The number of carboxylic acid groups (broad SMARTS) is 1. The highest BCUT2D eigenvalue weighted by molar-refractivity contribution is 5.97. The second-order valence-electron chi connectivity index (χ2n) is 11.6. The Hall–Kier alpha value is -5.14. The van der Waals surface area contributed by atoms with Crippen molar-refractivity contribution in [3.05, 3.63) is 41.7 Å². The number of carbonyl (C=O) groups is 6. The molecule has 19 nitrogen and oxygen atoms in total. The quantitative estimate of drug-likeness (QED) is 0.0567. The smallest absolute Gasteiger partial charge is 0.479 e. The third kappa shape index (κ3) is 18.7. The van der Waals surface area contributed by atoms with Crippen molar-refractivity contribution in [2.24, 2.45) is 11.7 Å². The number of ether oxygens (including phenoxy) is 4. The Morgan fingerprint density at radius 1 is 0.904 bits per heavy atom. The average molecular weight is 735 g/mol. The molecular formula is C33H50N8O11. The van der Waals surface area contributed by atoms with Gasteiger partial charge in [-0.3, -0.25) is 19.2 Å². The number of nitrogens with one attached hydrogen (secondary N) is 4. The van der Waals surface area contributed by atoms with Crippen LogP contribution in [0.25, 0.3) is 0 Å². The molecule has 1 unspecified atom stereocenters. The standard InChI is InChI=1S/C33H50N8O11/c1-3-6-23(2)31(46)36-17-26-18-41(40-39-26)14-16-49-15-13-35-28(42)20-50-21-29(43)38-27(7-4-5-12-34)32(47)37-25-10-8-24(9-11-25)19-51-33(48)52-22-30(44)45/h8-11,18,23,27H,3-7,12-17,19-22,34H2,1-2H3,(H,35,42)(H,36,46)(H,37,47)(H,38,43)(H,44,45)/t23?,27-/m1/s1. The Bertz CT molecular complexity index is 1420. The zero-order valence-electron chi connectivity index (χ0n) is 29.6. The monoisotopic (exact) mass is 734 g/mol.